The fourth-order valence-corrected chi connectivity index (χ4v) is 4.59. The van der Waals surface area contributed by atoms with Crippen molar-refractivity contribution in [2.24, 2.45) is 5.92 Å². The predicted molar refractivity (Wildman–Crippen MR) is 84.6 cm³/mol. The van der Waals surface area contributed by atoms with Crippen LogP contribution in [0.2, 0.25) is 0 Å². The fraction of sp³-hybridized carbons (Fsp3) is 0.733. The van der Waals surface area contributed by atoms with E-state index in [0.29, 0.717) is 24.6 Å². The predicted octanol–water partition coefficient (Wildman–Crippen LogP) is 2.10. The maximum absolute atomic E-state index is 12.0. The standard InChI is InChI=1S/C15H23N3O3S/c1-10(2)7-15(19)16-14-8-13(11-3-4-11)17-18(14)12-5-6-22(20,21)9-12/h8,10-12H,3-7,9H2,1-2H3,(H,16,19). The third-order valence-electron chi connectivity index (χ3n) is 4.17. The Kier molecular flexibility index (Phi) is 4.01. The molecule has 1 amide bonds. The Morgan fingerprint density at radius 2 is 2.14 bits per heavy atom. The summed E-state index contributed by atoms with van der Waals surface area (Å²) in [5.74, 6) is 1.68. The van der Waals surface area contributed by atoms with E-state index < -0.39 is 9.84 Å². The quantitative estimate of drug-likeness (QED) is 0.899. The van der Waals surface area contributed by atoms with Gasteiger partial charge in [-0.05, 0) is 25.2 Å². The molecule has 1 aliphatic carbocycles. The smallest absolute Gasteiger partial charge is 0.225 e. The van der Waals surface area contributed by atoms with Crippen LogP contribution in [0.5, 0.6) is 0 Å². The normalized spacial score (nSPS) is 23.9. The van der Waals surface area contributed by atoms with Crippen molar-refractivity contribution in [3.8, 4) is 0 Å². The summed E-state index contributed by atoms with van der Waals surface area (Å²) in [6.07, 6.45) is 3.27. The number of amides is 1. The van der Waals surface area contributed by atoms with Gasteiger partial charge in [-0.3, -0.25) is 4.79 Å². The molecule has 1 aromatic heterocycles. The number of sulfone groups is 1. The molecule has 2 fully saturated rings. The molecule has 1 atom stereocenters. The molecule has 0 spiro atoms. The summed E-state index contributed by atoms with van der Waals surface area (Å²) < 4.78 is 25.2. The maximum Gasteiger partial charge on any atom is 0.225 e. The van der Waals surface area contributed by atoms with Gasteiger partial charge in [0.1, 0.15) is 5.82 Å². The fourth-order valence-electron chi connectivity index (χ4n) is 2.90. The maximum atomic E-state index is 12.0. The molecule has 1 saturated heterocycles. The molecule has 122 valence electrons. The van der Waals surface area contributed by atoms with Crippen LogP contribution in [-0.4, -0.2) is 35.6 Å². The highest BCUT2D eigenvalue weighted by Crippen LogP contribution is 2.41. The lowest BCUT2D eigenvalue weighted by Gasteiger charge is -2.14. The van der Waals surface area contributed by atoms with Crippen LogP contribution in [0.4, 0.5) is 5.82 Å². The summed E-state index contributed by atoms with van der Waals surface area (Å²) in [5.41, 5.74) is 0.976. The molecule has 0 radical (unpaired) electrons. The lowest BCUT2D eigenvalue weighted by atomic mass is 10.1. The number of hydrogen-bond donors (Lipinski definition) is 1. The molecule has 7 heteroatoms. The number of carbonyl (C=O) groups excluding carboxylic acids is 1. The molecule has 1 aliphatic heterocycles. The van der Waals surface area contributed by atoms with Crippen molar-refractivity contribution in [2.45, 2.75) is 51.5 Å². The van der Waals surface area contributed by atoms with Crippen LogP contribution in [0.25, 0.3) is 0 Å². The highest BCUT2D eigenvalue weighted by atomic mass is 32.2. The lowest BCUT2D eigenvalue weighted by Crippen LogP contribution is -2.20. The second-order valence-corrected chi connectivity index (χ2v) is 9.11. The zero-order chi connectivity index (χ0) is 15.9. The topological polar surface area (TPSA) is 81.1 Å². The summed E-state index contributed by atoms with van der Waals surface area (Å²) in [6.45, 7) is 3.99. The molecule has 22 heavy (non-hydrogen) atoms. The Bertz CT molecular complexity index is 674. The first-order valence-electron chi connectivity index (χ1n) is 7.94. The van der Waals surface area contributed by atoms with Gasteiger partial charge in [-0.1, -0.05) is 13.8 Å². The minimum atomic E-state index is -2.98. The highest BCUT2D eigenvalue weighted by molar-refractivity contribution is 7.91. The van der Waals surface area contributed by atoms with Crippen LogP contribution in [0, 0.1) is 5.92 Å². The Morgan fingerprint density at radius 1 is 1.41 bits per heavy atom. The van der Waals surface area contributed by atoms with Crippen molar-refractivity contribution in [1.82, 2.24) is 9.78 Å². The molecule has 2 heterocycles. The third-order valence-corrected chi connectivity index (χ3v) is 5.92. The number of nitrogens with one attached hydrogen (secondary N) is 1. The van der Waals surface area contributed by atoms with Crippen LogP contribution < -0.4 is 5.32 Å². The van der Waals surface area contributed by atoms with Crippen molar-refractivity contribution >= 4 is 21.6 Å². The van der Waals surface area contributed by atoms with Gasteiger partial charge in [0, 0.05) is 18.4 Å². The van der Waals surface area contributed by atoms with Gasteiger partial charge >= 0.3 is 0 Å². The van der Waals surface area contributed by atoms with Gasteiger partial charge in [0.25, 0.3) is 0 Å². The van der Waals surface area contributed by atoms with Crippen molar-refractivity contribution in [3.05, 3.63) is 11.8 Å². The Hall–Kier alpha value is -1.37. The molecule has 1 N–H and O–H groups in total. The summed E-state index contributed by atoms with van der Waals surface area (Å²) in [4.78, 5) is 12.0. The van der Waals surface area contributed by atoms with Gasteiger partial charge in [0.05, 0.1) is 23.2 Å². The lowest BCUT2D eigenvalue weighted by molar-refractivity contribution is -0.116. The van der Waals surface area contributed by atoms with Crippen LogP contribution >= 0.6 is 0 Å². The van der Waals surface area contributed by atoms with Crippen molar-refractivity contribution in [1.29, 1.82) is 0 Å². The first kappa shape index (κ1) is 15.5. The molecule has 1 aromatic rings. The minimum Gasteiger partial charge on any atom is -0.311 e. The molecule has 1 saturated carbocycles. The number of rotatable bonds is 5. The Balaban J connectivity index is 1.82. The Labute approximate surface area is 131 Å². The van der Waals surface area contributed by atoms with E-state index >= 15 is 0 Å². The number of hydrogen-bond acceptors (Lipinski definition) is 4. The van der Waals surface area contributed by atoms with Gasteiger partial charge in [-0.2, -0.15) is 5.10 Å². The number of anilines is 1. The molecule has 1 unspecified atom stereocenters. The number of carbonyl (C=O) groups is 1. The van der Waals surface area contributed by atoms with E-state index in [1.54, 1.807) is 4.68 Å². The van der Waals surface area contributed by atoms with Gasteiger partial charge < -0.3 is 5.32 Å². The SMILES string of the molecule is CC(C)CC(=O)Nc1cc(C2CC2)nn1C1CCS(=O)(=O)C1. The number of nitrogens with zero attached hydrogens (tertiary/aromatic N) is 2. The summed E-state index contributed by atoms with van der Waals surface area (Å²) in [7, 11) is -2.98. The van der Waals surface area contributed by atoms with E-state index in [2.05, 4.69) is 10.4 Å². The molecule has 0 aromatic carbocycles. The average molecular weight is 325 g/mol. The van der Waals surface area contributed by atoms with E-state index in [1.807, 2.05) is 19.9 Å². The first-order chi connectivity index (χ1) is 10.3. The molecule has 0 bridgehead atoms. The van der Waals surface area contributed by atoms with Gasteiger partial charge in [-0.15, -0.1) is 0 Å². The minimum absolute atomic E-state index is 0.0423. The van der Waals surface area contributed by atoms with Crippen LogP contribution in [0.15, 0.2) is 6.07 Å². The van der Waals surface area contributed by atoms with Crippen molar-refractivity contribution < 1.29 is 13.2 Å². The van der Waals surface area contributed by atoms with Crippen LogP contribution in [-0.2, 0) is 14.6 Å². The van der Waals surface area contributed by atoms with Gasteiger partial charge in [-0.25, -0.2) is 13.1 Å². The largest absolute Gasteiger partial charge is 0.311 e. The molecule has 3 rings (SSSR count). The summed E-state index contributed by atoms with van der Waals surface area (Å²) in [6, 6.07) is 1.76. The van der Waals surface area contributed by atoms with Gasteiger partial charge in [0.15, 0.2) is 9.84 Å². The van der Waals surface area contributed by atoms with E-state index in [0.717, 1.165) is 18.5 Å². The van der Waals surface area contributed by atoms with E-state index in [-0.39, 0.29) is 29.4 Å². The first-order valence-corrected chi connectivity index (χ1v) is 9.76. The summed E-state index contributed by atoms with van der Waals surface area (Å²) in [5, 5.41) is 7.51. The van der Waals surface area contributed by atoms with Gasteiger partial charge in [0.2, 0.25) is 5.91 Å². The van der Waals surface area contributed by atoms with Crippen molar-refractivity contribution in [3.63, 3.8) is 0 Å². The van der Waals surface area contributed by atoms with E-state index in [1.165, 1.54) is 0 Å². The Morgan fingerprint density at radius 3 is 2.68 bits per heavy atom. The van der Waals surface area contributed by atoms with Crippen LogP contribution in [0.1, 0.15) is 57.2 Å². The van der Waals surface area contributed by atoms with E-state index in [4.69, 9.17) is 0 Å². The average Bonchev–Trinajstić information content (AvgIpc) is 3.07. The van der Waals surface area contributed by atoms with Crippen LogP contribution in [0.3, 0.4) is 0 Å². The zero-order valence-corrected chi connectivity index (χ0v) is 13.9. The molecular weight excluding hydrogens is 302 g/mol. The monoisotopic (exact) mass is 325 g/mol. The van der Waals surface area contributed by atoms with E-state index in [9.17, 15) is 13.2 Å². The van der Waals surface area contributed by atoms with Crippen molar-refractivity contribution in [2.75, 3.05) is 16.8 Å². The second-order valence-electron chi connectivity index (χ2n) is 6.88. The molecule has 6 nitrogen and oxygen atoms in total. The third kappa shape index (κ3) is 3.51. The highest BCUT2D eigenvalue weighted by Gasteiger charge is 2.34. The molecule has 2 aliphatic rings. The summed E-state index contributed by atoms with van der Waals surface area (Å²) >= 11 is 0. The molecular formula is C15H23N3O3S. The zero-order valence-electron chi connectivity index (χ0n) is 13.1. The number of aromatic nitrogens is 2. The second kappa shape index (κ2) is 5.68.